The van der Waals surface area contributed by atoms with Crippen molar-refractivity contribution in [3.63, 3.8) is 0 Å². The molecule has 118 valence electrons. The Kier molecular flexibility index (Phi) is 4.10. The first-order chi connectivity index (χ1) is 9.63. The lowest BCUT2D eigenvalue weighted by atomic mass is 9.99. The zero-order valence-corrected chi connectivity index (χ0v) is 13.3. The van der Waals surface area contributed by atoms with Crippen LogP contribution in [0, 0.1) is 11.6 Å². The second-order valence-electron chi connectivity index (χ2n) is 6.63. The molecule has 1 saturated heterocycles. The number of hydrogen-bond acceptors (Lipinski definition) is 4. The second kappa shape index (κ2) is 5.40. The van der Waals surface area contributed by atoms with Gasteiger partial charge in [0.2, 0.25) is 0 Å². The monoisotopic (exact) mass is 299 g/mol. The Morgan fingerprint density at radius 2 is 1.76 bits per heavy atom. The number of rotatable bonds is 3. The Morgan fingerprint density at radius 1 is 1.19 bits per heavy atom. The molecule has 0 radical (unpaired) electrons. The molecule has 0 aliphatic carbocycles. The molecular formula is C15H23F2N3O. The molecular weight excluding hydrogens is 276 g/mol. The number of nitrogens with zero attached hydrogens (tertiary/aromatic N) is 2. The van der Waals surface area contributed by atoms with Gasteiger partial charge in [0.05, 0.1) is 11.2 Å². The summed E-state index contributed by atoms with van der Waals surface area (Å²) >= 11 is 0. The number of nitrogens with one attached hydrogen (secondary N) is 1. The van der Waals surface area contributed by atoms with Gasteiger partial charge in [0.25, 0.3) is 0 Å². The molecule has 0 bridgehead atoms. The third-order valence-electron chi connectivity index (χ3n) is 3.25. The number of pyridine rings is 1. The van der Waals surface area contributed by atoms with Gasteiger partial charge >= 0.3 is 0 Å². The predicted octanol–water partition coefficient (Wildman–Crippen LogP) is 3.19. The minimum Gasteiger partial charge on any atom is -0.368 e. The van der Waals surface area contributed by atoms with E-state index in [1.807, 2.05) is 39.5 Å². The molecule has 21 heavy (non-hydrogen) atoms. The van der Waals surface area contributed by atoms with E-state index in [9.17, 15) is 8.78 Å². The fraction of sp³-hybridized carbons (Fsp3) is 0.667. The van der Waals surface area contributed by atoms with Crippen LogP contribution < -0.4 is 10.2 Å². The summed E-state index contributed by atoms with van der Waals surface area (Å²) in [5.74, 6) is -1.08. The lowest BCUT2D eigenvalue weighted by Crippen LogP contribution is -2.57. The fourth-order valence-electron chi connectivity index (χ4n) is 2.91. The number of anilines is 2. The van der Waals surface area contributed by atoms with Crippen molar-refractivity contribution in [3.05, 3.63) is 17.7 Å². The summed E-state index contributed by atoms with van der Waals surface area (Å²) in [6.07, 6.45) is 0. The number of morpholine rings is 1. The molecule has 1 aliphatic rings. The Hall–Kier alpha value is -1.43. The number of ether oxygens (including phenoxy) is 1. The van der Waals surface area contributed by atoms with Crippen molar-refractivity contribution in [2.45, 2.75) is 45.8 Å². The quantitative estimate of drug-likeness (QED) is 0.930. The number of aromatic nitrogens is 1. The smallest absolute Gasteiger partial charge is 0.168 e. The van der Waals surface area contributed by atoms with Crippen LogP contribution in [-0.2, 0) is 4.74 Å². The molecule has 0 spiro atoms. The average Bonchev–Trinajstić information content (AvgIpc) is 2.28. The molecule has 1 aliphatic heterocycles. The standard InChI is InChI=1S/C15H23F2N3O/c1-6-18-12-10(16)7-11(17)13(19-12)20-8-14(2,3)21-15(4,5)9-20/h7H,6,8-9H2,1-5H3,(H,18,19). The van der Waals surface area contributed by atoms with Crippen molar-refractivity contribution >= 4 is 11.6 Å². The Bertz CT molecular complexity index is 516. The van der Waals surface area contributed by atoms with Gasteiger partial charge in [-0.2, -0.15) is 0 Å². The maximum absolute atomic E-state index is 14.1. The van der Waals surface area contributed by atoms with Crippen LogP contribution in [0.15, 0.2) is 6.07 Å². The van der Waals surface area contributed by atoms with Crippen molar-refractivity contribution < 1.29 is 13.5 Å². The zero-order chi connectivity index (χ0) is 15.8. The summed E-state index contributed by atoms with van der Waals surface area (Å²) in [4.78, 5) is 5.94. The van der Waals surface area contributed by atoms with Gasteiger partial charge in [0, 0.05) is 25.7 Å². The van der Waals surface area contributed by atoms with Crippen molar-refractivity contribution in [1.82, 2.24) is 4.98 Å². The van der Waals surface area contributed by atoms with Crippen LogP contribution >= 0.6 is 0 Å². The normalized spacial score (nSPS) is 20.4. The van der Waals surface area contributed by atoms with Gasteiger partial charge in [0.1, 0.15) is 0 Å². The Morgan fingerprint density at radius 3 is 2.29 bits per heavy atom. The molecule has 0 saturated carbocycles. The summed E-state index contributed by atoms with van der Waals surface area (Å²) in [6.45, 7) is 11.2. The summed E-state index contributed by atoms with van der Waals surface area (Å²) in [5, 5.41) is 2.81. The molecule has 1 fully saturated rings. The molecule has 1 N–H and O–H groups in total. The van der Waals surface area contributed by atoms with E-state index in [-0.39, 0.29) is 11.6 Å². The van der Waals surface area contributed by atoms with Crippen LogP contribution in [-0.4, -0.2) is 35.8 Å². The third kappa shape index (κ3) is 3.61. The van der Waals surface area contributed by atoms with Crippen LogP contribution in [0.4, 0.5) is 20.4 Å². The van der Waals surface area contributed by atoms with Crippen molar-refractivity contribution in [1.29, 1.82) is 0 Å². The van der Waals surface area contributed by atoms with E-state index in [2.05, 4.69) is 10.3 Å². The molecule has 0 unspecified atom stereocenters. The van der Waals surface area contributed by atoms with E-state index in [0.717, 1.165) is 6.07 Å². The van der Waals surface area contributed by atoms with Crippen LogP contribution in [0.3, 0.4) is 0 Å². The topological polar surface area (TPSA) is 37.4 Å². The highest BCUT2D eigenvalue weighted by Gasteiger charge is 2.39. The van der Waals surface area contributed by atoms with Gasteiger partial charge in [-0.1, -0.05) is 0 Å². The molecule has 0 atom stereocenters. The molecule has 4 nitrogen and oxygen atoms in total. The third-order valence-corrected chi connectivity index (χ3v) is 3.25. The highest BCUT2D eigenvalue weighted by Crippen LogP contribution is 2.32. The largest absolute Gasteiger partial charge is 0.368 e. The van der Waals surface area contributed by atoms with Gasteiger partial charge in [-0.15, -0.1) is 0 Å². The minimum atomic E-state index is -0.676. The predicted molar refractivity (Wildman–Crippen MR) is 79.8 cm³/mol. The number of hydrogen-bond donors (Lipinski definition) is 1. The Balaban J connectivity index is 2.38. The van der Waals surface area contributed by atoms with E-state index in [4.69, 9.17) is 4.74 Å². The van der Waals surface area contributed by atoms with E-state index < -0.39 is 22.8 Å². The van der Waals surface area contributed by atoms with Gasteiger partial charge < -0.3 is 15.0 Å². The van der Waals surface area contributed by atoms with Gasteiger partial charge in [0.15, 0.2) is 23.3 Å². The molecule has 2 heterocycles. The van der Waals surface area contributed by atoms with E-state index >= 15 is 0 Å². The lowest BCUT2D eigenvalue weighted by molar-refractivity contribution is -0.133. The average molecular weight is 299 g/mol. The second-order valence-corrected chi connectivity index (χ2v) is 6.63. The van der Waals surface area contributed by atoms with Gasteiger partial charge in [-0.3, -0.25) is 0 Å². The van der Waals surface area contributed by atoms with Crippen molar-refractivity contribution in [2.24, 2.45) is 0 Å². The van der Waals surface area contributed by atoms with Crippen molar-refractivity contribution in [2.75, 3.05) is 29.9 Å². The van der Waals surface area contributed by atoms with Crippen molar-refractivity contribution in [3.8, 4) is 0 Å². The highest BCUT2D eigenvalue weighted by atomic mass is 19.1. The van der Waals surface area contributed by atoms with Crippen LogP contribution in [0.1, 0.15) is 34.6 Å². The summed E-state index contributed by atoms with van der Waals surface area (Å²) < 4.78 is 33.8. The van der Waals surface area contributed by atoms with Gasteiger partial charge in [-0.05, 0) is 34.6 Å². The Labute approximate surface area is 124 Å². The SMILES string of the molecule is CCNc1nc(N2CC(C)(C)OC(C)(C)C2)c(F)cc1F. The van der Waals surface area contributed by atoms with E-state index in [1.165, 1.54) is 0 Å². The highest BCUT2D eigenvalue weighted by molar-refractivity contribution is 5.50. The maximum atomic E-state index is 14.1. The van der Waals surface area contributed by atoms with Crippen LogP contribution in [0.2, 0.25) is 0 Å². The summed E-state index contributed by atoms with van der Waals surface area (Å²) in [5.41, 5.74) is -0.856. The molecule has 1 aromatic heterocycles. The fourth-order valence-corrected chi connectivity index (χ4v) is 2.91. The minimum absolute atomic E-state index is 0.0796. The first-order valence-corrected chi connectivity index (χ1v) is 7.18. The molecule has 6 heteroatoms. The molecule has 1 aromatic rings. The summed E-state index contributed by atoms with van der Waals surface area (Å²) in [7, 11) is 0. The van der Waals surface area contributed by atoms with Crippen LogP contribution in [0.5, 0.6) is 0 Å². The first-order valence-electron chi connectivity index (χ1n) is 7.18. The zero-order valence-electron chi connectivity index (χ0n) is 13.3. The van der Waals surface area contributed by atoms with E-state index in [0.29, 0.717) is 19.6 Å². The first kappa shape index (κ1) is 15.9. The maximum Gasteiger partial charge on any atom is 0.168 e. The summed E-state index contributed by atoms with van der Waals surface area (Å²) in [6, 6.07) is 0.885. The van der Waals surface area contributed by atoms with Gasteiger partial charge in [-0.25, -0.2) is 13.8 Å². The van der Waals surface area contributed by atoms with Crippen LogP contribution in [0.25, 0.3) is 0 Å². The molecule has 0 aromatic carbocycles. The van der Waals surface area contributed by atoms with E-state index in [1.54, 1.807) is 0 Å². The molecule has 0 amide bonds. The number of halogens is 2. The molecule has 2 rings (SSSR count). The lowest BCUT2D eigenvalue weighted by Gasteiger charge is -2.47.